The van der Waals surface area contributed by atoms with E-state index in [1.165, 1.54) is 7.11 Å². The Morgan fingerprint density at radius 1 is 1.08 bits per heavy atom. The highest BCUT2D eigenvalue weighted by Crippen LogP contribution is 2.38. The minimum atomic E-state index is -0.535. The highest BCUT2D eigenvalue weighted by atomic mass is 79.9. The molecule has 0 heterocycles. The molecule has 25 heavy (non-hydrogen) atoms. The molecule has 9 heteroatoms. The predicted octanol–water partition coefficient (Wildman–Crippen LogP) is 3.07. The van der Waals surface area contributed by atoms with E-state index in [-0.39, 0.29) is 6.54 Å². The maximum absolute atomic E-state index is 12.1. The van der Waals surface area contributed by atoms with Crippen LogP contribution >= 0.6 is 31.9 Å². The SMILES string of the molecule is COC(=O)CNC(=O)c1cc(Br)c(Oc2ccc(N)c(N)c2)c(Br)c1. The fraction of sp³-hybridized carbons (Fsp3) is 0.125. The number of ether oxygens (including phenoxy) is 2. The number of halogens is 2. The average molecular weight is 473 g/mol. The Balaban J connectivity index is 2.20. The second kappa shape index (κ2) is 8.21. The zero-order valence-electron chi connectivity index (χ0n) is 13.1. The number of rotatable bonds is 5. The number of nitrogens with one attached hydrogen (secondary N) is 1. The summed E-state index contributed by atoms with van der Waals surface area (Å²) in [6.07, 6.45) is 0. The predicted molar refractivity (Wildman–Crippen MR) is 102 cm³/mol. The fourth-order valence-electron chi connectivity index (χ4n) is 1.85. The summed E-state index contributed by atoms with van der Waals surface area (Å²) in [4.78, 5) is 23.2. The number of anilines is 2. The van der Waals surface area contributed by atoms with Crippen LogP contribution in [0, 0.1) is 0 Å². The van der Waals surface area contributed by atoms with Gasteiger partial charge >= 0.3 is 5.97 Å². The Morgan fingerprint density at radius 2 is 1.72 bits per heavy atom. The van der Waals surface area contributed by atoms with Gasteiger partial charge in [0.05, 0.1) is 27.4 Å². The lowest BCUT2D eigenvalue weighted by Gasteiger charge is -2.13. The summed E-state index contributed by atoms with van der Waals surface area (Å²) in [5.74, 6) is 0.00661. The number of hydrogen-bond acceptors (Lipinski definition) is 6. The molecule has 0 unspecified atom stereocenters. The zero-order valence-corrected chi connectivity index (χ0v) is 16.3. The second-order valence-electron chi connectivity index (χ2n) is 4.92. The van der Waals surface area contributed by atoms with Gasteiger partial charge in [0, 0.05) is 11.6 Å². The van der Waals surface area contributed by atoms with Crippen LogP contribution in [0.1, 0.15) is 10.4 Å². The van der Waals surface area contributed by atoms with Crippen molar-refractivity contribution in [2.24, 2.45) is 0 Å². The molecule has 0 saturated heterocycles. The van der Waals surface area contributed by atoms with E-state index < -0.39 is 11.9 Å². The van der Waals surface area contributed by atoms with Crippen molar-refractivity contribution < 1.29 is 19.1 Å². The highest BCUT2D eigenvalue weighted by Gasteiger charge is 2.15. The standard InChI is InChI=1S/C16H15Br2N3O4/c1-24-14(22)7-21-16(23)8-4-10(17)15(11(18)5-8)25-9-2-3-12(19)13(20)6-9/h2-6H,7,19-20H2,1H3,(H,21,23). The molecular weight excluding hydrogens is 458 g/mol. The third-order valence-electron chi connectivity index (χ3n) is 3.16. The molecule has 0 fully saturated rings. The monoisotopic (exact) mass is 471 g/mol. The van der Waals surface area contributed by atoms with Gasteiger partial charge in [0.1, 0.15) is 12.3 Å². The summed E-state index contributed by atoms with van der Waals surface area (Å²) in [6, 6.07) is 8.08. The second-order valence-corrected chi connectivity index (χ2v) is 6.63. The van der Waals surface area contributed by atoms with Crippen LogP contribution in [-0.2, 0) is 9.53 Å². The Kier molecular flexibility index (Phi) is 6.27. The van der Waals surface area contributed by atoms with Crippen LogP contribution in [0.5, 0.6) is 11.5 Å². The summed E-state index contributed by atoms with van der Waals surface area (Å²) in [5, 5.41) is 2.46. The molecule has 2 aromatic carbocycles. The van der Waals surface area contributed by atoms with Crippen molar-refractivity contribution in [1.82, 2.24) is 5.32 Å². The smallest absolute Gasteiger partial charge is 0.325 e. The number of benzene rings is 2. The number of nitrogens with two attached hydrogens (primary N) is 2. The highest BCUT2D eigenvalue weighted by molar-refractivity contribution is 9.11. The van der Waals surface area contributed by atoms with Crippen molar-refractivity contribution >= 4 is 55.1 Å². The molecule has 0 bridgehead atoms. The van der Waals surface area contributed by atoms with Crippen molar-refractivity contribution in [2.45, 2.75) is 0 Å². The zero-order chi connectivity index (χ0) is 18.6. The van der Waals surface area contributed by atoms with Crippen LogP contribution in [0.3, 0.4) is 0 Å². The van der Waals surface area contributed by atoms with E-state index in [9.17, 15) is 9.59 Å². The van der Waals surface area contributed by atoms with Crippen molar-refractivity contribution in [3.8, 4) is 11.5 Å². The van der Waals surface area contributed by atoms with E-state index in [0.717, 1.165) is 0 Å². The summed E-state index contributed by atoms with van der Waals surface area (Å²) < 4.78 is 11.4. The van der Waals surface area contributed by atoms with Crippen LogP contribution in [0.25, 0.3) is 0 Å². The topological polar surface area (TPSA) is 117 Å². The quantitative estimate of drug-likeness (QED) is 0.454. The molecule has 2 rings (SSSR count). The largest absolute Gasteiger partial charge is 0.468 e. The maximum atomic E-state index is 12.1. The lowest BCUT2D eigenvalue weighted by molar-refractivity contribution is -0.139. The molecule has 132 valence electrons. The van der Waals surface area contributed by atoms with Crippen LogP contribution in [-0.4, -0.2) is 25.5 Å². The average Bonchev–Trinajstić information content (AvgIpc) is 2.58. The van der Waals surface area contributed by atoms with E-state index in [4.69, 9.17) is 16.2 Å². The van der Waals surface area contributed by atoms with E-state index in [1.54, 1.807) is 30.3 Å². The minimum absolute atomic E-state index is 0.215. The third kappa shape index (κ3) is 4.86. The normalized spacial score (nSPS) is 10.2. The first-order valence-corrected chi connectivity index (χ1v) is 8.57. The summed E-state index contributed by atoms with van der Waals surface area (Å²) in [5.41, 5.74) is 12.6. The molecule has 5 N–H and O–H groups in total. The van der Waals surface area contributed by atoms with Crippen molar-refractivity contribution in [1.29, 1.82) is 0 Å². The molecule has 2 aromatic rings. The van der Waals surface area contributed by atoms with Crippen LogP contribution in [0.15, 0.2) is 39.3 Å². The molecule has 0 atom stereocenters. The first-order chi connectivity index (χ1) is 11.8. The van der Waals surface area contributed by atoms with Crippen LogP contribution < -0.4 is 21.5 Å². The molecule has 0 aliphatic rings. The van der Waals surface area contributed by atoms with Gasteiger partial charge in [0.25, 0.3) is 5.91 Å². The van der Waals surface area contributed by atoms with Gasteiger partial charge in [-0.1, -0.05) is 0 Å². The van der Waals surface area contributed by atoms with Crippen LogP contribution in [0.2, 0.25) is 0 Å². The van der Waals surface area contributed by atoms with Gasteiger partial charge in [0.2, 0.25) is 0 Å². The lowest BCUT2D eigenvalue weighted by Crippen LogP contribution is -2.30. The Morgan fingerprint density at radius 3 is 2.28 bits per heavy atom. The van der Waals surface area contributed by atoms with E-state index in [0.29, 0.717) is 37.4 Å². The van der Waals surface area contributed by atoms with Gasteiger partial charge in [-0.25, -0.2) is 0 Å². The fourth-order valence-corrected chi connectivity index (χ4v) is 3.20. The number of esters is 1. The number of methoxy groups -OCH3 is 1. The lowest BCUT2D eigenvalue weighted by atomic mass is 10.2. The number of carbonyl (C=O) groups is 2. The molecule has 0 spiro atoms. The summed E-state index contributed by atoms with van der Waals surface area (Å²) in [6.45, 7) is -0.215. The first kappa shape index (κ1) is 19.1. The van der Waals surface area contributed by atoms with Crippen LogP contribution in [0.4, 0.5) is 11.4 Å². The molecule has 0 aliphatic carbocycles. The Labute approximate surface area is 160 Å². The molecule has 7 nitrogen and oxygen atoms in total. The summed E-state index contributed by atoms with van der Waals surface area (Å²) in [7, 11) is 1.25. The maximum Gasteiger partial charge on any atom is 0.325 e. The van der Waals surface area contributed by atoms with Gasteiger partial charge in [-0.3, -0.25) is 9.59 Å². The number of hydrogen-bond donors (Lipinski definition) is 3. The van der Waals surface area contributed by atoms with Gasteiger partial charge in [0.15, 0.2) is 5.75 Å². The number of amides is 1. The Bertz CT molecular complexity index is 804. The van der Waals surface area contributed by atoms with E-state index in [1.807, 2.05) is 0 Å². The van der Waals surface area contributed by atoms with Gasteiger partial charge in [-0.15, -0.1) is 0 Å². The minimum Gasteiger partial charge on any atom is -0.468 e. The number of nitrogen functional groups attached to an aromatic ring is 2. The molecule has 0 aliphatic heterocycles. The van der Waals surface area contributed by atoms with Crippen molar-refractivity contribution in [3.05, 3.63) is 44.8 Å². The van der Waals surface area contributed by atoms with E-state index in [2.05, 4.69) is 41.9 Å². The van der Waals surface area contributed by atoms with Gasteiger partial charge in [-0.05, 0) is 56.1 Å². The van der Waals surface area contributed by atoms with E-state index >= 15 is 0 Å². The molecule has 0 radical (unpaired) electrons. The van der Waals surface area contributed by atoms with Crippen molar-refractivity contribution in [3.63, 3.8) is 0 Å². The molecule has 0 aromatic heterocycles. The number of carbonyl (C=O) groups excluding carboxylic acids is 2. The first-order valence-electron chi connectivity index (χ1n) is 6.98. The van der Waals surface area contributed by atoms with Crippen molar-refractivity contribution in [2.75, 3.05) is 25.1 Å². The van der Waals surface area contributed by atoms with Gasteiger partial charge < -0.3 is 26.3 Å². The molecule has 0 saturated carbocycles. The Hall–Kier alpha value is -2.26. The molecule has 1 amide bonds. The van der Waals surface area contributed by atoms with Gasteiger partial charge in [-0.2, -0.15) is 0 Å². The molecular formula is C16H15Br2N3O4. The summed E-state index contributed by atoms with van der Waals surface area (Å²) >= 11 is 6.74. The third-order valence-corrected chi connectivity index (χ3v) is 4.34.